The van der Waals surface area contributed by atoms with Crippen LogP contribution in [0.1, 0.15) is 0 Å². The summed E-state index contributed by atoms with van der Waals surface area (Å²) in [6.45, 7) is 0. The van der Waals surface area contributed by atoms with Crippen LogP contribution in [-0.4, -0.2) is 5.50 Å². The second kappa shape index (κ2) is 2.95. The minimum Gasteiger partial charge on any atom is -0.354 e. The van der Waals surface area contributed by atoms with Gasteiger partial charge in [0.1, 0.15) is 5.40 Å². The average molecular weight is 177 g/mol. The smallest absolute Gasteiger partial charge is 0.160 e. The van der Waals surface area contributed by atoms with Gasteiger partial charge in [-0.15, -0.1) is 0 Å². The lowest BCUT2D eigenvalue weighted by molar-refractivity contribution is 1.21. The molecule has 0 amide bonds. The molecule has 3 nitrogen and oxygen atoms in total. The molecule has 0 spiro atoms. The van der Waals surface area contributed by atoms with E-state index in [0.717, 1.165) is 11.4 Å². The quantitative estimate of drug-likeness (QED) is 0.644. The lowest BCUT2D eigenvalue weighted by Crippen LogP contribution is -2.16. The van der Waals surface area contributed by atoms with Gasteiger partial charge in [-0.3, -0.25) is 0 Å². The zero-order valence-electron chi connectivity index (χ0n) is 6.24. The maximum absolute atomic E-state index is 8.44. The summed E-state index contributed by atoms with van der Waals surface area (Å²) in [4.78, 5) is 0. The standard InChI is InChI=1S/C8H7N3S/c9-5-12-8-10-6-3-1-2-4-7(6)11-8/h1-4,8,10-11H. The van der Waals surface area contributed by atoms with E-state index in [1.54, 1.807) is 0 Å². The summed E-state index contributed by atoms with van der Waals surface area (Å²) < 4.78 is 0. The fraction of sp³-hybridized carbons (Fsp3) is 0.125. The Morgan fingerprint density at radius 3 is 2.33 bits per heavy atom. The van der Waals surface area contributed by atoms with Crippen molar-refractivity contribution in [3.05, 3.63) is 24.3 Å². The van der Waals surface area contributed by atoms with E-state index >= 15 is 0 Å². The largest absolute Gasteiger partial charge is 0.354 e. The van der Waals surface area contributed by atoms with Crippen LogP contribution in [0, 0.1) is 10.7 Å². The highest BCUT2D eigenvalue weighted by Gasteiger charge is 2.18. The van der Waals surface area contributed by atoms with Crippen LogP contribution in [0.3, 0.4) is 0 Å². The monoisotopic (exact) mass is 177 g/mol. The van der Waals surface area contributed by atoms with Crippen LogP contribution in [0.25, 0.3) is 0 Å². The molecular formula is C8H7N3S. The van der Waals surface area contributed by atoms with E-state index in [-0.39, 0.29) is 5.50 Å². The van der Waals surface area contributed by atoms with Gasteiger partial charge in [0.2, 0.25) is 0 Å². The Balaban J connectivity index is 2.18. The molecule has 0 bridgehead atoms. The maximum atomic E-state index is 8.44. The van der Waals surface area contributed by atoms with Crippen molar-refractivity contribution in [1.82, 2.24) is 0 Å². The highest BCUT2D eigenvalue weighted by Crippen LogP contribution is 2.31. The topological polar surface area (TPSA) is 47.9 Å². The normalized spacial score (nSPS) is 14.2. The SMILES string of the molecule is N#CSC1Nc2ccccc2N1. The van der Waals surface area contributed by atoms with Gasteiger partial charge < -0.3 is 10.6 Å². The van der Waals surface area contributed by atoms with Crippen LogP contribution in [0.5, 0.6) is 0 Å². The molecule has 1 heterocycles. The van der Waals surface area contributed by atoms with Gasteiger partial charge in [0, 0.05) is 11.8 Å². The third-order valence-electron chi connectivity index (χ3n) is 1.67. The number of fused-ring (bicyclic) bond motifs is 1. The predicted octanol–water partition coefficient (Wildman–Crippen LogP) is 2.02. The Kier molecular flexibility index (Phi) is 1.80. The number of nitriles is 1. The predicted molar refractivity (Wildman–Crippen MR) is 50.7 cm³/mol. The molecule has 0 aliphatic carbocycles. The Labute approximate surface area is 74.8 Å². The number of thioether (sulfide) groups is 1. The Bertz CT molecular complexity index is 306. The number of para-hydroxylation sites is 2. The van der Waals surface area contributed by atoms with Gasteiger partial charge in [-0.2, -0.15) is 5.26 Å². The fourth-order valence-electron chi connectivity index (χ4n) is 1.17. The van der Waals surface area contributed by atoms with Gasteiger partial charge in [-0.25, -0.2) is 0 Å². The molecule has 0 saturated heterocycles. The van der Waals surface area contributed by atoms with E-state index in [2.05, 4.69) is 10.6 Å². The second-order valence-electron chi connectivity index (χ2n) is 2.42. The average Bonchev–Trinajstić information content (AvgIpc) is 2.47. The molecular weight excluding hydrogens is 170 g/mol. The maximum Gasteiger partial charge on any atom is 0.160 e. The number of anilines is 2. The van der Waals surface area contributed by atoms with Crippen molar-refractivity contribution in [2.45, 2.75) is 5.50 Å². The van der Waals surface area contributed by atoms with E-state index in [1.165, 1.54) is 11.8 Å². The Morgan fingerprint density at radius 1 is 1.25 bits per heavy atom. The molecule has 60 valence electrons. The lowest BCUT2D eigenvalue weighted by Gasteiger charge is -2.04. The van der Waals surface area contributed by atoms with Crippen molar-refractivity contribution in [2.75, 3.05) is 10.6 Å². The minimum atomic E-state index is -0.00704. The summed E-state index contributed by atoms with van der Waals surface area (Å²) in [5.41, 5.74) is 2.11. The zero-order chi connectivity index (χ0) is 8.39. The first kappa shape index (κ1) is 7.32. The number of thiocyanates is 1. The number of nitrogens with zero attached hydrogens (tertiary/aromatic N) is 1. The first-order chi connectivity index (χ1) is 5.90. The fourth-order valence-corrected chi connectivity index (χ4v) is 1.64. The van der Waals surface area contributed by atoms with Crippen LogP contribution in [0.2, 0.25) is 0 Å². The highest BCUT2D eigenvalue weighted by molar-refractivity contribution is 8.04. The van der Waals surface area contributed by atoms with E-state index in [0.29, 0.717) is 0 Å². The van der Waals surface area contributed by atoms with Gasteiger partial charge in [0.05, 0.1) is 11.4 Å². The molecule has 0 atom stereocenters. The molecule has 0 aromatic heterocycles. The van der Waals surface area contributed by atoms with Crippen molar-refractivity contribution in [1.29, 1.82) is 5.26 Å². The third-order valence-corrected chi connectivity index (χ3v) is 2.25. The zero-order valence-corrected chi connectivity index (χ0v) is 7.06. The van der Waals surface area contributed by atoms with E-state index < -0.39 is 0 Å². The van der Waals surface area contributed by atoms with Crippen LogP contribution < -0.4 is 10.6 Å². The van der Waals surface area contributed by atoms with Crippen LogP contribution >= 0.6 is 11.8 Å². The summed E-state index contributed by atoms with van der Waals surface area (Å²) in [5, 5.41) is 16.8. The number of hydrogen-bond donors (Lipinski definition) is 2. The van der Waals surface area contributed by atoms with Gasteiger partial charge >= 0.3 is 0 Å². The summed E-state index contributed by atoms with van der Waals surface area (Å²) in [6, 6.07) is 7.90. The lowest BCUT2D eigenvalue weighted by atomic mass is 10.3. The number of nitrogens with one attached hydrogen (secondary N) is 2. The summed E-state index contributed by atoms with van der Waals surface area (Å²) >= 11 is 1.18. The van der Waals surface area contributed by atoms with Gasteiger partial charge in [-0.05, 0) is 12.1 Å². The summed E-state index contributed by atoms with van der Waals surface area (Å²) in [5.74, 6) is 0. The molecule has 2 rings (SSSR count). The molecule has 0 unspecified atom stereocenters. The van der Waals surface area contributed by atoms with Crippen LogP contribution in [0.15, 0.2) is 24.3 Å². The molecule has 4 heteroatoms. The molecule has 0 radical (unpaired) electrons. The highest BCUT2D eigenvalue weighted by atomic mass is 32.2. The Hall–Kier alpha value is -1.34. The van der Waals surface area contributed by atoms with Crippen molar-refractivity contribution in [2.24, 2.45) is 0 Å². The molecule has 0 saturated carbocycles. The third kappa shape index (κ3) is 1.19. The van der Waals surface area contributed by atoms with Crippen LogP contribution in [0.4, 0.5) is 11.4 Å². The van der Waals surface area contributed by atoms with Crippen molar-refractivity contribution in [3.8, 4) is 5.40 Å². The molecule has 1 aromatic carbocycles. The Morgan fingerprint density at radius 2 is 1.83 bits per heavy atom. The van der Waals surface area contributed by atoms with Crippen molar-refractivity contribution < 1.29 is 0 Å². The summed E-state index contributed by atoms with van der Waals surface area (Å²) in [7, 11) is 0. The number of hydrogen-bond acceptors (Lipinski definition) is 4. The van der Waals surface area contributed by atoms with Crippen LogP contribution in [-0.2, 0) is 0 Å². The minimum absolute atomic E-state index is 0.00704. The van der Waals surface area contributed by atoms with Crippen molar-refractivity contribution >= 4 is 23.1 Å². The molecule has 1 aliphatic rings. The molecule has 1 aromatic rings. The van der Waals surface area contributed by atoms with Gasteiger partial charge in [-0.1, -0.05) is 12.1 Å². The van der Waals surface area contributed by atoms with E-state index in [1.807, 2.05) is 29.7 Å². The molecule has 0 fully saturated rings. The first-order valence-corrected chi connectivity index (χ1v) is 4.45. The first-order valence-electron chi connectivity index (χ1n) is 3.57. The number of rotatable bonds is 1. The van der Waals surface area contributed by atoms with E-state index in [4.69, 9.17) is 5.26 Å². The van der Waals surface area contributed by atoms with Gasteiger partial charge in [0.15, 0.2) is 5.50 Å². The molecule has 1 aliphatic heterocycles. The summed E-state index contributed by atoms with van der Waals surface area (Å²) in [6.07, 6.45) is 0. The second-order valence-corrected chi connectivity index (χ2v) is 3.31. The van der Waals surface area contributed by atoms with Gasteiger partial charge in [0.25, 0.3) is 0 Å². The van der Waals surface area contributed by atoms with Crippen molar-refractivity contribution in [3.63, 3.8) is 0 Å². The molecule has 12 heavy (non-hydrogen) atoms. The van der Waals surface area contributed by atoms with E-state index in [9.17, 15) is 0 Å². The number of benzene rings is 1. The molecule has 2 N–H and O–H groups in total.